The molecule has 0 radical (unpaired) electrons. The average Bonchev–Trinajstić information content (AvgIpc) is 2.69. The summed E-state index contributed by atoms with van der Waals surface area (Å²) in [4.78, 5) is 25.0. The summed E-state index contributed by atoms with van der Waals surface area (Å²) >= 11 is 1.60. The second kappa shape index (κ2) is 11.2. The molecule has 2 N–H and O–H groups in total. The van der Waals surface area contributed by atoms with E-state index < -0.39 is 12.1 Å². The van der Waals surface area contributed by atoms with Gasteiger partial charge in [-0.1, -0.05) is 30.3 Å². The van der Waals surface area contributed by atoms with Crippen molar-refractivity contribution in [2.45, 2.75) is 23.8 Å². The quantitative estimate of drug-likeness (QED) is 0.509. The van der Waals surface area contributed by atoms with Crippen LogP contribution in [0.15, 0.2) is 59.5 Å². The molecule has 2 rings (SSSR count). The van der Waals surface area contributed by atoms with E-state index in [1.807, 2.05) is 30.3 Å². The number of carbonyl (C=O) groups is 2. The predicted molar refractivity (Wildman–Crippen MR) is 104 cm³/mol. The maximum atomic E-state index is 12.9. The Hall–Kier alpha value is -2.54. The molecule has 7 heteroatoms. The first-order valence-corrected chi connectivity index (χ1v) is 9.61. The second-order valence-corrected chi connectivity index (χ2v) is 6.99. The summed E-state index contributed by atoms with van der Waals surface area (Å²) in [6.07, 6.45) is 0.494. The highest BCUT2D eigenvalue weighted by atomic mass is 32.2. The Morgan fingerprint density at radius 1 is 1.11 bits per heavy atom. The van der Waals surface area contributed by atoms with Crippen molar-refractivity contribution in [3.63, 3.8) is 0 Å². The molecule has 0 aromatic heterocycles. The van der Waals surface area contributed by atoms with Gasteiger partial charge in [0.05, 0.1) is 7.11 Å². The number of amides is 2. The Balaban J connectivity index is 1.78. The van der Waals surface area contributed by atoms with E-state index in [4.69, 9.17) is 0 Å². The summed E-state index contributed by atoms with van der Waals surface area (Å²) in [6, 6.07) is 15.1. The van der Waals surface area contributed by atoms with Gasteiger partial charge >= 0.3 is 6.09 Å². The van der Waals surface area contributed by atoms with Gasteiger partial charge in [-0.2, -0.15) is 0 Å². The fraction of sp³-hybridized carbons (Fsp3) is 0.300. The minimum absolute atomic E-state index is 0.254. The number of carbonyl (C=O) groups excluding carboxylic acids is 2. The zero-order valence-electron chi connectivity index (χ0n) is 15.1. The Morgan fingerprint density at radius 2 is 1.81 bits per heavy atom. The zero-order chi connectivity index (χ0) is 19.5. The van der Waals surface area contributed by atoms with E-state index >= 15 is 0 Å². The van der Waals surface area contributed by atoms with Crippen molar-refractivity contribution in [1.29, 1.82) is 0 Å². The molecule has 0 saturated heterocycles. The summed E-state index contributed by atoms with van der Waals surface area (Å²) < 4.78 is 17.5. The van der Waals surface area contributed by atoms with E-state index in [0.29, 0.717) is 13.0 Å². The number of hydrogen-bond acceptors (Lipinski definition) is 4. The van der Waals surface area contributed by atoms with Gasteiger partial charge in [-0.15, -0.1) is 11.8 Å². The fourth-order valence-electron chi connectivity index (χ4n) is 2.39. The first-order chi connectivity index (χ1) is 13.1. The van der Waals surface area contributed by atoms with Crippen molar-refractivity contribution >= 4 is 23.8 Å². The molecular weight excluding hydrogens is 367 g/mol. The Labute approximate surface area is 162 Å². The standard InChI is InChI=1S/C20H23FN2O3S/c1-26-20(25)23-18(14-15-6-3-2-4-7-15)19(24)22-12-5-13-27-17-10-8-16(21)9-11-17/h2-4,6-11,18H,5,12-14H2,1H3,(H,22,24)(H,23,25). The Bertz CT molecular complexity index is 726. The van der Waals surface area contributed by atoms with Gasteiger partial charge in [-0.05, 0) is 42.0 Å². The zero-order valence-corrected chi connectivity index (χ0v) is 15.9. The fourth-order valence-corrected chi connectivity index (χ4v) is 3.24. The average molecular weight is 390 g/mol. The molecule has 0 saturated carbocycles. The summed E-state index contributed by atoms with van der Waals surface area (Å²) in [6.45, 7) is 0.487. The number of alkyl carbamates (subject to hydrolysis) is 1. The van der Waals surface area contributed by atoms with E-state index in [1.54, 1.807) is 23.9 Å². The molecule has 0 spiro atoms. The molecule has 2 aromatic rings. The normalized spacial score (nSPS) is 11.5. The lowest BCUT2D eigenvalue weighted by molar-refractivity contribution is -0.123. The third kappa shape index (κ3) is 7.70. The molecule has 27 heavy (non-hydrogen) atoms. The molecule has 0 aliphatic carbocycles. The summed E-state index contributed by atoms with van der Waals surface area (Å²) in [7, 11) is 1.26. The molecule has 2 amide bonds. The van der Waals surface area contributed by atoms with Crippen LogP contribution in [0.1, 0.15) is 12.0 Å². The molecule has 5 nitrogen and oxygen atoms in total. The van der Waals surface area contributed by atoms with Gasteiger partial charge in [0.2, 0.25) is 5.91 Å². The maximum Gasteiger partial charge on any atom is 0.407 e. The van der Waals surface area contributed by atoms with Gasteiger partial charge in [0.15, 0.2) is 0 Å². The van der Waals surface area contributed by atoms with Gasteiger partial charge in [-0.3, -0.25) is 4.79 Å². The molecule has 0 heterocycles. The van der Waals surface area contributed by atoms with Crippen LogP contribution in [-0.4, -0.2) is 37.4 Å². The van der Waals surface area contributed by atoms with Crippen LogP contribution in [-0.2, 0) is 16.0 Å². The third-order valence-corrected chi connectivity index (χ3v) is 4.88. The molecule has 0 fully saturated rings. The molecule has 1 unspecified atom stereocenters. The van der Waals surface area contributed by atoms with E-state index in [-0.39, 0.29) is 11.7 Å². The minimum Gasteiger partial charge on any atom is -0.453 e. The van der Waals surface area contributed by atoms with Gasteiger partial charge < -0.3 is 15.4 Å². The van der Waals surface area contributed by atoms with Crippen molar-refractivity contribution < 1.29 is 18.7 Å². The van der Waals surface area contributed by atoms with Gasteiger partial charge in [0, 0.05) is 17.9 Å². The lowest BCUT2D eigenvalue weighted by Gasteiger charge is -2.18. The number of hydrogen-bond donors (Lipinski definition) is 2. The van der Waals surface area contributed by atoms with Crippen LogP contribution in [0, 0.1) is 5.82 Å². The largest absolute Gasteiger partial charge is 0.453 e. The number of rotatable bonds is 9. The number of methoxy groups -OCH3 is 1. The Morgan fingerprint density at radius 3 is 2.48 bits per heavy atom. The van der Waals surface area contributed by atoms with Crippen LogP contribution in [0.5, 0.6) is 0 Å². The van der Waals surface area contributed by atoms with E-state index in [9.17, 15) is 14.0 Å². The van der Waals surface area contributed by atoms with Crippen LogP contribution in [0.4, 0.5) is 9.18 Å². The predicted octanol–water partition coefficient (Wildman–Crippen LogP) is 3.39. The highest BCUT2D eigenvalue weighted by Gasteiger charge is 2.21. The van der Waals surface area contributed by atoms with Crippen molar-refractivity contribution in [3.05, 3.63) is 66.0 Å². The summed E-state index contributed by atoms with van der Waals surface area (Å²) in [5, 5.41) is 5.42. The van der Waals surface area contributed by atoms with Crippen molar-refractivity contribution in [1.82, 2.24) is 10.6 Å². The number of thioether (sulfide) groups is 1. The molecular formula is C20H23FN2O3S. The van der Waals surface area contributed by atoms with Crippen molar-refractivity contribution in [2.24, 2.45) is 0 Å². The lowest BCUT2D eigenvalue weighted by Crippen LogP contribution is -2.48. The summed E-state index contributed by atoms with van der Waals surface area (Å²) in [5.41, 5.74) is 0.945. The van der Waals surface area contributed by atoms with Crippen molar-refractivity contribution in [2.75, 3.05) is 19.4 Å². The van der Waals surface area contributed by atoms with Crippen molar-refractivity contribution in [3.8, 4) is 0 Å². The smallest absolute Gasteiger partial charge is 0.407 e. The van der Waals surface area contributed by atoms with E-state index in [2.05, 4.69) is 15.4 Å². The SMILES string of the molecule is COC(=O)NC(Cc1ccccc1)C(=O)NCCCSc1ccc(F)cc1. The molecule has 0 bridgehead atoms. The molecule has 0 aliphatic heterocycles. The van der Waals surface area contributed by atoms with Crippen LogP contribution >= 0.6 is 11.8 Å². The molecule has 1 atom stereocenters. The Kier molecular flexibility index (Phi) is 8.64. The minimum atomic E-state index is -0.704. The third-order valence-electron chi connectivity index (χ3n) is 3.78. The van der Waals surface area contributed by atoms with E-state index in [0.717, 1.165) is 22.6 Å². The number of nitrogens with one attached hydrogen (secondary N) is 2. The molecule has 2 aromatic carbocycles. The molecule has 0 aliphatic rings. The second-order valence-electron chi connectivity index (χ2n) is 5.83. The van der Waals surface area contributed by atoms with Crippen LogP contribution < -0.4 is 10.6 Å². The first kappa shape index (κ1) is 20.8. The maximum absolute atomic E-state index is 12.9. The summed E-state index contributed by atoms with van der Waals surface area (Å²) in [5.74, 6) is 0.282. The number of halogens is 1. The van der Waals surface area contributed by atoms with Crippen LogP contribution in [0.25, 0.3) is 0 Å². The topological polar surface area (TPSA) is 67.4 Å². The highest BCUT2D eigenvalue weighted by molar-refractivity contribution is 7.99. The van der Waals surface area contributed by atoms with Gasteiger partial charge in [0.25, 0.3) is 0 Å². The van der Waals surface area contributed by atoms with Crippen LogP contribution in [0.2, 0.25) is 0 Å². The van der Waals surface area contributed by atoms with Crippen LogP contribution in [0.3, 0.4) is 0 Å². The molecule has 144 valence electrons. The first-order valence-electron chi connectivity index (χ1n) is 8.63. The van der Waals surface area contributed by atoms with E-state index in [1.165, 1.54) is 19.2 Å². The van der Waals surface area contributed by atoms with Gasteiger partial charge in [0.1, 0.15) is 11.9 Å². The number of benzene rings is 2. The highest BCUT2D eigenvalue weighted by Crippen LogP contribution is 2.18. The van der Waals surface area contributed by atoms with Gasteiger partial charge in [-0.25, -0.2) is 9.18 Å². The number of ether oxygens (including phenoxy) is 1. The lowest BCUT2D eigenvalue weighted by atomic mass is 10.1. The monoisotopic (exact) mass is 390 g/mol.